The van der Waals surface area contributed by atoms with Gasteiger partial charge >= 0.3 is 5.97 Å². The van der Waals surface area contributed by atoms with Crippen LogP contribution in [-0.2, 0) is 11.3 Å². The van der Waals surface area contributed by atoms with Crippen molar-refractivity contribution in [1.82, 2.24) is 15.1 Å². The minimum Gasteiger partial charge on any atom is -0.480 e. The SMILES string of the molecule is CCCCCn1nc(C(=O)N[C@H](C(=O)O)C(C)(C)C)c2ccccc21. The zero-order chi connectivity index (χ0) is 18.6. The van der Waals surface area contributed by atoms with Crippen LogP contribution in [0.25, 0.3) is 10.9 Å². The Bertz CT molecular complexity index is 759. The average Bonchev–Trinajstić information content (AvgIpc) is 2.90. The molecule has 1 heterocycles. The number of carboxylic acid groups (broad SMARTS) is 1. The molecule has 6 nitrogen and oxygen atoms in total. The second kappa shape index (κ2) is 7.68. The van der Waals surface area contributed by atoms with Gasteiger partial charge in [-0.1, -0.05) is 58.7 Å². The first-order valence-electron chi connectivity index (χ1n) is 8.75. The first kappa shape index (κ1) is 19.0. The Morgan fingerprint density at radius 3 is 2.52 bits per heavy atom. The van der Waals surface area contributed by atoms with E-state index >= 15 is 0 Å². The van der Waals surface area contributed by atoms with E-state index in [2.05, 4.69) is 17.3 Å². The van der Waals surface area contributed by atoms with Crippen LogP contribution in [-0.4, -0.2) is 32.8 Å². The third-order valence-corrected chi connectivity index (χ3v) is 4.23. The lowest BCUT2D eigenvalue weighted by Crippen LogP contribution is -2.49. The average molecular weight is 345 g/mol. The van der Waals surface area contributed by atoms with Gasteiger partial charge in [0, 0.05) is 11.9 Å². The normalized spacial score (nSPS) is 13.0. The molecule has 0 spiro atoms. The summed E-state index contributed by atoms with van der Waals surface area (Å²) in [6, 6.07) is 6.57. The number of benzene rings is 1. The van der Waals surface area contributed by atoms with Crippen molar-refractivity contribution in [1.29, 1.82) is 0 Å². The predicted octanol–water partition coefficient (Wildman–Crippen LogP) is 3.46. The summed E-state index contributed by atoms with van der Waals surface area (Å²) >= 11 is 0. The number of rotatable bonds is 7. The summed E-state index contributed by atoms with van der Waals surface area (Å²) < 4.78 is 1.84. The molecule has 0 unspecified atom stereocenters. The van der Waals surface area contributed by atoms with Gasteiger partial charge < -0.3 is 10.4 Å². The van der Waals surface area contributed by atoms with E-state index in [4.69, 9.17) is 0 Å². The monoisotopic (exact) mass is 345 g/mol. The van der Waals surface area contributed by atoms with Gasteiger partial charge in [0.05, 0.1) is 5.52 Å². The molecule has 1 atom stereocenters. The fourth-order valence-electron chi connectivity index (χ4n) is 2.83. The number of nitrogens with one attached hydrogen (secondary N) is 1. The quantitative estimate of drug-likeness (QED) is 0.753. The number of para-hydroxylation sites is 1. The Hall–Kier alpha value is -2.37. The largest absolute Gasteiger partial charge is 0.480 e. The topological polar surface area (TPSA) is 84.2 Å². The molecule has 2 rings (SSSR count). The van der Waals surface area contributed by atoms with E-state index in [1.165, 1.54) is 0 Å². The summed E-state index contributed by atoms with van der Waals surface area (Å²) in [5.41, 5.74) is 0.579. The molecular weight excluding hydrogens is 318 g/mol. The summed E-state index contributed by atoms with van der Waals surface area (Å²) in [5, 5.41) is 17.3. The van der Waals surface area contributed by atoms with Crippen LogP contribution in [0.1, 0.15) is 57.4 Å². The molecule has 6 heteroatoms. The zero-order valence-corrected chi connectivity index (χ0v) is 15.4. The molecule has 0 saturated carbocycles. The number of amides is 1. The van der Waals surface area contributed by atoms with Crippen LogP contribution in [0, 0.1) is 5.41 Å². The van der Waals surface area contributed by atoms with Crippen LogP contribution in [0.5, 0.6) is 0 Å². The molecule has 0 aliphatic heterocycles. The number of carbonyl (C=O) groups is 2. The lowest BCUT2D eigenvalue weighted by molar-refractivity contribution is -0.142. The maximum absolute atomic E-state index is 12.7. The van der Waals surface area contributed by atoms with Gasteiger partial charge in [-0.15, -0.1) is 0 Å². The fraction of sp³-hybridized carbons (Fsp3) is 0.526. The molecule has 2 N–H and O–H groups in total. The highest BCUT2D eigenvalue weighted by Gasteiger charge is 2.33. The molecule has 0 aliphatic carbocycles. The lowest BCUT2D eigenvalue weighted by atomic mass is 9.86. The van der Waals surface area contributed by atoms with E-state index in [-0.39, 0.29) is 5.69 Å². The molecule has 1 aromatic carbocycles. The molecule has 0 radical (unpaired) electrons. The fourth-order valence-corrected chi connectivity index (χ4v) is 2.83. The van der Waals surface area contributed by atoms with Gasteiger partial charge in [-0.3, -0.25) is 9.48 Å². The second-order valence-corrected chi connectivity index (χ2v) is 7.41. The number of aliphatic carboxylic acids is 1. The number of unbranched alkanes of at least 4 members (excludes halogenated alkanes) is 2. The number of carbonyl (C=O) groups excluding carboxylic acids is 1. The number of aryl methyl sites for hydroxylation is 1. The highest BCUT2D eigenvalue weighted by molar-refractivity contribution is 6.05. The minimum absolute atomic E-state index is 0.280. The maximum atomic E-state index is 12.7. The second-order valence-electron chi connectivity index (χ2n) is 7.41. The van der Waals surface area contributed by atoms with Crippen LogP contribution in [0.15, 0.2) is 24.3 Å². The van der Waals surface area contributed by atoms with Crippen molar-refractivity contribution in [2.75, 3.05) is 0 Å². The van der Waals surface area contributed by atoms with Gasteiger partial charge in [-0.2, -0.15) is 5.10 Å². The Labute approximate surface area is 148 Å². The number of hydrogen-bond acceptors (Lipinski definition) is 3. The minimum atomic E-state index is -1.05. The summed E-state index contributed by atoms with van der Waals surface area (Å²) in [5.74, 6) is -1.50. The summed E-state index contributed by atoms with van der Waals surface area (Å²) in [7, 11) is 0. The molecule has 1 aromatic heterocycles. The van der Waals surface area contributed by atoms with Crippen molar-refractivity contribution in [2.45, 2.75) is 59.5 Å². The standard InChI is InChI=1S/C19H27N3O3/c1-5-6-9-12-22-14-11-8-7-10-13(14)15(21-22)17(23)20-16(18(24)25)19(2,3)4/h7-8,10-11,16H,5-6,9,12H2,1-4H3,(H,20,23)(H,24,25)/t16-/m1/s1. The van der Waals surface area contributed by atoms with Crippen molar-refractivity contribution >= 4 is 22.8 Å². The van der Waals surface area contributed by atoms with Crippen LogP contribution >= 0.6 is 0 Å². The van der Waals surface area contributed by atoms with E-state index in [0.29, 0.717) is 0 Å². The molecule has 0 bridgehead atoms. The van der Waals surface area contributed by atoms with Crippen molar-refractivity contribution in [2.24, 2.45) is 5.41 Å². The number of hydrogen-bond donors (Lipinski definition) is 2. The van der Waals surface area contributed by atoms with Gasteiger partial charge in [0.25, 0.3) is 5.91 Å². The van der Waals surface area contributed by atoms with Crippen molar-refractivity contribution in [3.05, 3.63) is 30.0 Å². The zero-order valence-electron chi connectivity index (χ0n) is 15.4. The van der Waals surface area contributed by atoms with E-state index in [9.17, 15) is 14.7 Å². The first-order chi connectivity index (χ1) is 11.8. The van der Waals surface area contributed by atoms with E-state index in [1.54, 1.807) is 20.8 Å². The molecule has 25 heavy (non-hydrogen) atoms. The summed E-state index contributed by atoms with van der Waals surface area (Å²) in [6.07, 6.45) is 3.20. The Morgan fingerprint density at radius 1 is 1.24 bits per heavy atom. The van der Waals surface area contributed by atoms with Crippen LogP contribution in [0.3, 0.4) is 0 Å². The van der Waals surface area contributed by atoms with Crippen molar-refractivity contribution in [3.8, 4) is 0 Å². The molecule has 0 aliphatic rings. The van der Waals surface area contributed by atoms with Gasteiger partial charge in [0.15, 0.2) is 5.69 Å². The van der Waals surface area contributed by atoms with Gasteiger partial charge in [0.1, 0.15) is 6.04 Å². The number of aromatic nitrogens is 2. The van der Waals surface area contributed by atoms with E-state index in [1.807, 2.05) is 28.9 Å². The smallest absolute Gasteiger partial charge is 0.326 e. The molecule has 136 valence electrons. The molecule has 1 amide bonds. The Morgan fingerprint density at radius 2 is 1.92 bits per heavy atom. The molecule has 0 fully saturated rings. The van der Waals surface area contributed by atoms with Gasteiger partial charge in [-0.25, -0.2) is 4.79 Å². The number of fused-ring (bicyclic) bond motifs is 1. The van der Waals surface area contributed by atoms with Crippen LogP contribution in [0.2, 0.25) is 0 Å². The van der Waals surface area contributed by atoms with Crippen molar-refractivity contribution < 1.29 is 14.7 Å². The Balaban J connectivity index is 2.33. The van der Waals surface area contributed by atoms with E-state index in [0.717, 1.165) is 36.7 Å². The highest BCUT2D eigenvalue weighted by Crippen LogP contribution is 2.22. The third kappa shape index (κ3) is 4.38. The maximum Gasteiger partial charge on any atom is 0.326 e. The number of nitrogens with zero attached hydrogens (tertiary/aromatic N) is 2. The first-order valence-corrected chi connectivity index (χ1v) is 8.75. The summed E-state index contributed by atoms with van der Waals surface area (Å²) in [4.78, 5) is 24.2. The lowest BCUT2D eigenvalue weighted by Gasteiger charge is -2.27. The Kier molecular flexibility index (Phi) is 5.82. The molecule has 0 saturated heterocycles. The molecule has 2 aromatic rings. The summed E-state index contributed by atoms with van der Waals surface area (Å²) in [6.45, 7) is 8.23. The highest BCUT2D eigenvalue weighted by atomic mass is 16.4. The molecular formula is C19H27N3O3. The van der Waals surface area contributed by atoms with E-state index < -0.39 is 23.3 Å². The van der Waals surface area contributed by atoms with Crippen LogP contribution in [0.4, 0.5) is 0 Å². The van der Waals surface area contributed by atoms with Gasteiger partial charge in [-0.05, 0) is 17.9 Å². The number of carboxylic acids is 1. The van der Waals surface area contributed by atoms with Gasteiger partial charge in [0.2, 0.25) is 0 Å². The van der Waals surface area contributed by atoms with Crippen molar-refractivity contribution in [3.63, 3.8) is 0 Å². The van der Waals surface area contributed by atoms with Crippen LogP contribution < -0.4 is 5.32 Å². The third-order valence-electron chi connectivity index (χ3n) is 4.23. The predicted molar refractivity (Wildman–Crippen MR) is 97.6 cm³/mol.